The number of carboxylic acids is 1. The quantitative estimate of drug-likeness (QED) is 0.825. The number of aliphatic carboxylic acids is 1. The zero-order valence-electron chi connectivity index (χ0n) is 11.9. The molecule has 0 saturated carbocycles. The predicted molar refractivity (Wildman–Crippen MR) is 73.6 cm³/mol. The van der Waals surface area contributed by atoms with E-state index in [-0.39, 0.29) is 13.1 Å². The fourth-order valence-electron chi connectivity index (χ4n) is 2.26. The van der Waals surface area contributed by atoms with Crippen LogP contribution in [-0.2, 0) is 15.0 Å². The Balaban J connectivity index is 1.98. The zero-order valence-corrected chi connectivity index (χ0v) is 12.8. The van der Waals surface area contributed by atoms with Crippen LogP contribution in [0.25, 0.3) is 0 Å². The molecular weight excluding hydrogens is 298 g/mol. The molecule has 0 aliphatic carbocycles. The summed E-state index contributed by atoms with van der Waals surface area (Å²) in [5.74, 6) is -0.429. The molecule has 21 heavy (non-hydrogen) atoms. The van der Waals surface area contributed by atoms with Crippen molar-refractivity contribution in [1.29, 1.82) is 0 Å². The molecule has 2 heterocycles. The Bertz CT molecular complexity index is 604. The largest absolute Gasteiger partial charge is 0.481 e. The standard InChI is InChI=1S/C12H19N3O5S/c1-8-7-13-11(20-8)9(2)14-21(18,19)15-5-3-10(4-6-15)12(16)17/h7,9-10,14H,3-6H2,1-2H3,(H,16,17). The first-order valence-electron chi connectivity index (χ1n) is 6.72. The topological polar surface area (TPSA) is 113 Å². The van der Waals surface area contributed by atoms with Crippen LogP contribution in [0.5, 0.6) is 0 Å². The molecule has 0 aromatic carbocycles. The fraction of sp³-hybridized carbons (Fsp3) is 0.667. The Morgan fingerprint density at radius 1 is 1.52 bits per heavy atom. The number of carboxylic acid groups (broad SMARTS) is 1. The molecule has 2 N–H and O–H groups in total. The smallest absolute Gasteiger partial charge is 0.306 e. The van der Waals surface area contributed by atoms with E-state index in [0.717, 1.165) is 0 Å². The lowest BCUT2D eigenvalue weighted by molar-refractivity contribution is -0.142. The number of rotatable bonds is 5. The van der Waals surface area contributed by atoms with E-state index >= 15 is 0 Å². The van der Waals surface area contributed by atoms with Crippen molar-refractivity contribution in [2.24, 2.45) is 5.92 Å². The highest BCUT2D eigenvalue weighted by Crippen LogP contribution is 2.21. The summed E-state index contributed by atoms with van der Waals surface area (Å²) in [5, 5.41) is 8.92. The maximum Gasteiger partial charge on any atom is 0.306 e. The monoisotopic (exact) mass is 317 g/mol. The second-order valence-electron chi connectivity index (χ2n) is 5.17. The first-order valence-corrected chi connectivity index (χ1v) is 8.16. The molecule has 1 aromatic heterocycles. The van der Waals surface area contributed by atoms with E-state index in [1.54, 1.807) is 13.8 Å². The van der Waals surface area contributed by atoms with Crippen LogP contribution in [0.4, 0.5) is 0 Å². The summed E-state index contributed by atoms with van der Waals surface area (Å²) >= 11 is 0. The van der Waals surface area contributed by atoms with E-state index in [2.05, 4.69) is 9.71 Å². The van der Waals surface area contributed by atoms with Crippen molar-refractivity contribution in [2.75, 3.05) is 13.1 Å². The molecule has 2 rings (SSSR count). The van der Waals surface area contributed by atoms with Crippen molar-refractivity contribution >= 4 is 16.2 Å². The van der Waals surface area contributed by atoms with Crippen LogP contribution in [0.15, 0.2) is 10.6 Å². The maximum absolute atomic E-state index is 12.3. The number of nitrogens with zero attached hydrogens (tertiary/aromatic N) is 2. The van der Waals surface area contributed by atoms with Crippen LogP contribution >= 0.6 is 0 Å². The van der Waals surface area contributed by atoms with Gasteiger partial charge in [0.15, 0.2) is 0 Å². The first kappa shape index (κ1) is 15.9. The summed E-state index contributed by atoms with van der Waals surface area (Å²) < 4.78 is 33.6. The SMILES string of the molecule is Cc1cnc(C(C)NS(=O)(=O)N2CCC(C(=O)O)CC2)o1. The third-order valence-corrected chi connectivity index (χ3v) is 5.17. The lowest BCUT2D eigenvalue weighted by Gasteiger charge is -2.29. The molecule has 1 aliphatic heterocycles. The van der Waals surface area contributed by atoms with E-state index in [1.807, 2.05) is 0 Å². The molecule has 118 valence electrons. The molecule has 1 atom stereocenters. The van der Waals surface area contributed by atoms with E-state index < -0.39 is 28.1 Å². The van der Waals surface area contributed by atoms with Gasteiger partial charge >= 0.3 is 5.97 Å². The van der Waals surface area contributed by atoms with Gasteiger partial charge in [0.2, 0.25) is 5.89 Å². The Labute approximate surface area is 123 Å². The second-order valence-corrected chi connectivity index (χ2v) is 6.87. The zero-order chi connectivity index (χ0) is 15.6. The number of hydrogen-bond donors (Lipinski definition) is 2. The third-order valence-electron chi connectivity index (χ3n) is 3.48. The molecule has 1 fully saturated rings. The summed E-state index contributed by atoms with van der Waals surface area (Å²) in [7, 11) is -3.68. The number of oxazole rings is 1. The molecule has 0 bridgehead atoms. The van der Waals surface area contributed by atoms with E-state index in [0.29, 0.717) is 24.5 Å². The molecule has 0 amide bonds. The highest BCUT2D eigenvalue weighted by molar-refractivity contribution is 7.87. The van der Waals surface area contributed by atoms with Gasteiger partial charge in [0, 0.05) is 13.1 Å². The van der Waals surface area contributed by atoms with Gasteiger partial charge in [-0.25, -0.2) is 4.98 Å². The van der Waals surface area contributed by atoms with Gasteiger partial charge in [0.05, 0.1) is 18.2 Å². The molecule has 1 unspecified atom stereocenters. The van der Waals surface area contributed by atoms with Gasteiger partial charge in [-0.1, -0.05) is 0 Å². The Morgan fingerprint density at radius 2 is 2.14 bits per heavy atom. The summed E-state index contributed by atoms with van der Waals surface area (Å²) in [6.45, 7) is 3.77. The van der Waals surface area contributed by atoms with Crippen LogP contribution in [0, 0.1) is 12.8 Å². The van der Waals surface area contributed by atoms with Gasteiger partial charge in [-0.2, -0.15) is 17.4 Å². The van der Waals surface area contributed by atoms with Gasteiger partial charge in [-0.05, 0) is 26.7 Å². The van der Waals surface area contributed by atoms with Crippen molar-refractivity contribution in [2.45, 2.75) is 32.7 Å². The minimum Gasteiger partial charge on any atom is -0.481 e. The first-order chi connectivity index (χ1) is 9.79. The van der Waals surface area contributed by atoms with Gasteiger partial charge in [0.1, 0.15) is 5.76 Å². The lowest BCUT2D eigenvalue weighted by atomic mass is 9.99. The average molecular weight is 317 g/mol. The predicted octanol–water partition coefficient (Wildman–Crippen LogP) is 0.675. The van der Waals surface area contributed by atoms with Crippen molar-refractivity contribution in [3.63, 3.8) is 0 Å². The van der Waals surface area contributed by atoms with Gasteiger partial charge in [-0.15, -0.1) is 0 Å². The van der Waals surface area contributed by atoms with Crippen molar-refractivity contribution < 1.29 is 22.7 Å². The maximum atomic E-state index is 12.3. The normalized spacial score (nSPS) is 19.5. The minimum absolute atomic E-state index is 0.198. The average Bonchev–Trinajstić information content (AvgIpc) is 2.85. The van der Waals surface area contributed by atoms with Gasteiger partial charge in [-0.3, -0.25) is 4.79 Å². The molecule has 1 saturated heterocycles. The number of aromatic nitrogens is 1. The Morgan fingerprint density at radius 3 is 2.62 bits per heavy atom. The van der Waals surface area contributed by atoms with E-state index in [1.165, 1.54) is 10.5 Å². The van der Waals surface area contributed by atoms with Crippen LogP contribution in [0.3, 0.4) is 0 Å². The highest BCUT2D eigenvalue weighted by atomic mass is 32.2. The fourth-order valence-corrected chi connectivity index (χ4v) is 3.65. The van der Waals surface area contributed by atoms with Crippen molar-refractivity contribution in [3.05, 3.63) is 17.8 Å². The van der Waals surface area contributed by atoms with Crippen LogP contribution < -0.4 is 4.72 Å². The van der Waals surface area contributed by atoms with E-state index in [9.17, 15) is 13.2 Å². The molecule has 1 aromatic rings. The summed E-state index contributed by atoms with van der Waals surface area (Å²) in [6.07, 6.45) is 2.17. The molecular formula is C12H19N3O5S. The molecule has 1 aliphatic rings. The molecule has 8 nitrogen and oxygen atoms in total. The molecule has 0 spiro atoms. The molecule has 9 heteroatoms. The summed E-state index contributed by atoms with van der Waals surface area (Å²) in [4.78, 5) is 14.9. The van der Waals surface area contributed by atoms with Crippen LogP contribution in [0.2, 0.25) is 0 Å². The Kier molecular flexibility index (Phi) is 4.64. The van der Waals surface area contributed by atoms with Crippen LogP contribution in [-0.4, -0.2) is 41.9 Å². The number of carbonyl (C=O) groups is 1. The third kappa shape index (κ3) is 3.80. The molecule has 0 radical (unpaired) electrons. The van der Waals surface area contributed by atoms with Gasteiger partial charge in [0.25, 0.3) is 10.2 Å². The van der Waals surface area contributed by atoms with Crippen LogP contribution in [0.1, 0.15) is 37.5 Å². The van der Waals surface area contributed by atoms with Crippen molar-refractivity contribution in [3.8, 4) is 0 Å². The number of nitrogens with one attached hydrogen (secondary N) is 1. The summed E-state index contributed by atoms with van der Waals surface area (Å²) in [6, 6.07) is -0.583. The second kappa shape index (κ2) is 6.12. The minimum atomic E-state index is -3.68. The van der Waals surface area contributed by atoms with Gasteiger partial charge < -0.3 is 9.52 Å². The number of piperidine rings is 1. The van der Waals surface area contributed by atoms with Crippen molar-refractivity contribution in [1.82, 2.24) is 14.0 Å². The highest BCUT2D eigenvalue weighted by Gasteiger charge is 2.32. The number of hydrogen-bond acceptors (Lipinski definition) is 5. The lowest BCUT2D eigenvalue weighted by Crippen LogP contribution is -2.46. The Hall–Kier alpha value is -1.45. The number of aryl methyl sites for hydroxylation is 1. The van der Waals surface area contributed by atoms with E-state index in [4.69, 9.17) is 9.52 Å². The summed E-state index contributed by atoms with van der Waals surface area (Å²) in [5.41, 5.74) is 0.